The van der Waals surface area contributed by atoms with Gasteiger partial charge in [-0.2, -0.15) is 0 Å². The SMILES string of the molecule is C[C@H](O)C(=O)CC1=C[C@H](C)OC1=O. The highest BCUT2D eigenvalue weighted by Gasteiger charge is 2.25. The molecule has 0 aliphatic carbocycles. The third-order valence-electron chi connectivity index (χ3n) is 1.82. The maximum atomic E-state index is 11.1. The molecule has 4 nitrogen and oxygen atoms in total. The van der Waals surface area contributed by atoms with Crippen molar-refractivity contribution in [3.05, 3.63) is 11.6 Å². The van der Waals surface area contributed by atoms with Gasteiger partial charge >= 0.3 is 5.97 Å². The lowest BCUT2D eigenvalue weighted by Crippen LogP contribution is -2.17. The molecule has 0 radical (unpaired) electrons. The van der Waals surface area contributed by atoms with E-state index in [9.17, 15) is 9.59 Å². The van der Waals surface area contributed by atoms with Crippen molar-refractivity contribution in [1.82, 2.24) is 0 Å². The molecule has 13 heavy (non-hydrogen) atoms. The van der Waals surface area contributed by atoms with E-state index in [1.165, 1.54) is 6.92 Å². The van der Waals surface area contributed by atoms with Crippen LogP contribution in [-0.2, 0) is 14.3 Å². The number of aliphatic hydroxyl groups excluding tert-OH is 1. The van der Waals surface area contributed by atoms with Crippen LogP contribution in [0.15, 0.2) is 11.6 Å². The number of rotatable bonds is 3. The highest BCUT2D eigenvalue weighted by atomic mass is 16.5. The molecule has 0 aromatic rings. The fourth-order valence-corrected chi connectivity index (χ4v) is 1.10. The van der Waals surface area contributed by atoms with Gasteiger partial charge in [0.05, 0.1) is 0 Å². The third kappa shape index (κ3) is 2.39. The maximum absolute atomic E-state index is 11.1. The van der Waals surface area contributed by atoms with E-state index in [0.29, 0.717) is 5.57 Å². The zero-order chi connectivity index (χ0) is 10.0. The Morgan fingerprint density at radius 2 is 2.38 bits per heavy atom. The van der Waals surface area contributed by atoms with Crippen molar-refractivity contribution in [3.63, 3.8) is 0 Å². The van der Waals surface area contributed by atoms with Crippen LogP contribution >= 0.6 is 0 Å². The van der Waals surface area contributed by atoms with Gasteiger partial charge in [0, 0.05) is 12.0 Å². The van der Waals surface area contributed by atoms with Crippen molar-refractivity contribution in [2.24, 2.45) is 0 Å². The van der Waals surface area contributed by atoms with Crippen molar-refractivity contribution in [2.75, 3.05) is 0 Å². The van der Waals surface area contributed by atoms with E-state index in [0.717, 1.165) is 0 Å². The van der Waals surface area contributed by atoms with Gasteiger partial charge in [0.1, 0.15) is 12.2 Å². The zero-order valence-electron chi connectivity index (χ0n) is 7.61. The van der Waals surface area contributed by atoms with Crippen molar-refractivity contribution >= 4 is 11.8 Å². The van der Waals surface area contributed by atoms with Gasteiger partial charge < -0.3 is 9.84 Å². The van der Waals surface area contributed by atoms with Gasteiger partial charge in [-0.05, 0) is 19.9 Å². The summed E-state index contributed by atoms with van der Waals surface area (Å²) in [5.74, 6) is -0.821. The van der Waals surface area contributed by atoms with E-state index in [-0.39, 0.29) is 18.3 Å². The number of ketones is 1. The molecule has 4 heteroatoms. The summed E-state index contributed by atoms with van der Waals surface area (Å²) in [4.78, 5) is 22.1. The second-order valence-corrected chi connectivity index (χ2v) is 3.12. The summed E-state index contributed by atoms with van der Waals surface area (Å²) in [6, 6.07) is 0. The highest BCUT2D eigenvalue weighted by molar-refractivity contribution is 5.98. The Morgan fingerprint density at radius 3 is 2.77 bits per heavy atom. The van der Waals surface area contributed by atoms with E-state index in [4.69, 9.17) is 9.84 Å². The van der Waals surface area contributed by atoms with Crippen LogP contribution in [0.5, 0.6) is 0 Å². The van der Waals surface area contributed by atoms with Crippen LogP contribution in [0.1, 0.15) is 20.3 Å². The molecule has 1 aliphatic rings. The van der Waals surface area contributed by atoms with Crippen LogP contribution < -0.4 is 0 Å². The minimum atomic E-state index is -1.02. The number of esters is 1. The Bertz CT molecular complexity index is 265. The van der Waals surface area contributed by atoms with E-state index in [1.54, 1.807) is 13.0 Å². The number of hydrogen-bond acceptors (Lipinski definition) is 4. The monoisotopic (exact) mass is 184 g/mol. The van der Waals surface area contributed by atoms with Gasteiger partial charge in [-0.3, -0.25) is 4.79 Å². The van der Waals surface area contributed by atoms with Crippen LogP contribution in [0.3, 0.4) is 0 Å². The Balaban J connectivity index is 2.59. The molecule has 0 spiro atoms. The lowest BCUT2D eigenvalue weighted by Gasteiger charge is -2.01. The lowest BCUT2D eigenvalue weighted by molar-refractivity contribution is -0.140. The van der Waals surface area contributed by atoms with Gasteiger partial charge in [0.15, 0.2) is 5.78 Å². The number of ether oxygens (including phenoxy) is 1. The molecular weight excluding hydrogens is 172 g/mol. The topological polar surface area (TPSA) is 63.6 Å². The molecule has 0 aromatic heterocycles. The fraction of sp³-hybridized carbons (Fsp3) is 0.556. The first-order valence-electron chi connectivity index (χ1n) is 4.13. The predicted octanol–water partition coefficient (Wildman–Crippen LogP) is 0.198. The van der Waals surface area contributed by atoms with Crippen LogP contribution in [-0.4, -0.2) is 29.1 Å². The summed E-state index contributed by atoms with van der Waals surface area (Å²) in [5.41, 5.74) is 0.346. The van der Waals surface area contributed by atoms with Crippen LogP contribution in [0.25, 0.3) is 0 Å². The van der Waals surface area contributed by atoms with Crippen molar-refractivity contribution < 1.29 is 19.4 Å². The Labute approximate surface area is 76.2 Å². The maximum Gasteiger partial charge on any atom is 0.334 e. The number of carbonyl (C=O) groups excluding carboxylic acids is 2. The molecule has 1 N–H and O–H groups in total. The summed E-state index contributed by atoms with van der Waals surface area (Å²) in [7, 11) is 0. The number of cyclic esters (lactones) is 1. The first kappa shape index (κ1) is 9.92. The molecule has 1 rings (SSSR count). The Kier molecular flexibility index (Phi) is 2.83. The van der Waals surface area contributed by atoms with Gasteiger partial charge in [0.25, 0.3) is 0 Å². The summed E-state index contributed by atoms with van der Waals surface area (Å²) in [5, 5.41) is 8.90. The summed E-state index contributed by atoms with van der Waals surface area (Å²) in [6.07, 6.45) is 0.276. The molecule has 1 aliphatic heterocycles. The van der Waals surface area contributed by atoms with Gasteiger partial charge in [-0.1, -0.05) is 0 Å². The molecule has 1 heterocycles. The molecule has 0 aromatic carbocycles. The molecule has 2 atom stereocenters. The number of hydrogen-bond donors (Lipinski definition) is 1. The molecule has 0 saturated carbocycles. The molecule has 0 fully saturated rings. The second-order valence-electron chi connectivity index (χ2n) is 3.12. The Hall–Kier alpha value is -1.16. The number of carbonyl (C=O) groups is 2. The standard InChI is InChI=1S/C9H12O4/c1-5-3-7(9(12)13-5)4-8(11)6(2)10/h3,5-6,10H,4H2,1-2H3/t5-,6-/m0/s1. The normalized spacial score (nSPS) is 23.8. The van der Waals surface area contributed by atoms with E-state index >= 15 is 0 Å². The minimum absolute atomic E-state index is 0.0408. The summed E-state index contributed by atoms with van der Waals surface area (Å²) < 4.78 is 4.79. The lowest BCUT2D eigenvalue weighted by atomic mass is 10.1. The minimum Gasteiger partial charge on any atom is -0.455 e. The Morgan fingerprint density at radius 1 is 1.77 bits per heavy atom. The molecule has 0 unspecified atom stereocenters. The van der Waals surface area contributed by atoms with E-state index < -0.39 is 12.1 Å². The molecule has 72 valence electrons. The average Bonchev–Trinajstić information content (AvgIpc) is 2.30. The third-order valence-corrected chi connectivity index (χ3v) is 1.82. The van der Waals surface area contributed by atoms with Gasteiger partial charge in [-0.25, -0.2) is 4.79 Å². The number of Topliss-reactive ketones (excluding diaryl/α,β-unsaturated/α-hetero) is 1. The first-order chi connectivity index (χ1) is 6.00. The van der Waals surface area contributed by atoms with Crippen LogP contribution in [0, 0.1) is 0 Å². The quantitative estimate of drug-likeness (QED) is 0.636. The zero-order valence-corrected chi connectivity index (χ0v) is 7.61. The summed E-state index contributed by atoms with van der Waals surface area (Å²) >= 11 is 0. The largest absolute Gasteiger partial charge is 0.455 e. The highest BCUT2D eigenvalue weighted by Crippen LogP contribution is 2.17. The predicted molar refractivity (Wildman–Crippen MR) is 44.9 cm³/mol. The molecule has 0 amide bonds. The van der Waals surface area contributed by atoms with E-state index in [2.05, 4.69) is 0 Å². The molecule has 0 saturated heterocycles. The van der Waals surface area contributed by atoms with Crippen molar-refractivity contribution in [3.8, 4) is 0 Å². The van der Waals surface area contributed by atoms with Gasteiger partial charge in [0.2, 0.25) is 0 Å². The first-order valence-corrected chi connectivity index (χ1v) is 4.13. The van der Waals surface area contributed by atoms with Crippen molar-refractivity contribution in [1.29, 1.82) is 0 Å². The average molecular weight is 184 g/mol. The smallest absolute Gasteiger partial charge is 0.334 e. The van der Waals surface area contributed by atoms with Crippen molar-refractivity contribution in [2.45, 2.75) is 32.5 Å². The van der Waals surface area contributed by atoms with Crippen LogP contribution in [0.2, 0.25) is 0 Å². The second kappa shape index (κ2) is 3.70. The number of aliphatic hydroxyl groups is 1. The fourth-order valence-electron chi connectivity index (χ4n) is 1.10. The molecule has 0 bridgehead atoms. The molecular formula is C9H12O4. The summed E-state index contributed by atoms with van der Waals surface area (Å²) in [6.45, 7) is 3.10. The van der Waals surface area contributed by atoms with Gasteiger partial charge in [-0.15, -0.1) is 0 Å². The van der Waals surface area contributed by atoms with E-state index in [1.807, 2.05) is 0 Å². The van der Waals surface area contributed by atoms with Crippen LogP contribution in [0.4, 0.5) is 0 Å².